The van der Waals surface area contributed by atoms with E-state index in [1.165, 1.54) is 5.56 Å². The first kappa shape index (κ1) is 18.3. The molecule has 2 atom stereocenters. The number of urea groups is 1. The largest absolute Gasteiger partial charge is 0.508 e. The van der Waals surface area contributed by atoms with Crippen molar-refractivity contribution in [1.82, 2.24) is 4.90 Å². The molecule has 2 amide bonds. The van der Waals surface area contributed by atoms with E-state index < -0.39 is 0 Å². The molecule has 152 valence electrons. The summed E-state index contributed by atoms with van der Waals surface area (Å²) in [5.74, 6) is 0.581. The van der Waals surface area contributed by atoms with Crippen molar-refractivity contribution in [3.8, 4) is 11.5 Å². The zero-order valence-electron chi connectivity index (χ0n) is 17.3. The van der Waals surface area contributed by atoms with Crippen molar-refractivity contribution < 1.29 is 15.0 Å². The first-order valence-corrected chi connectivity index (χ1v) is 10.5. The maximum absolute atomic E-state index is 13.7. The van der Waals surface area contributed by atoms with E-state index in [4.69, 9.17) is 0 Å². The molecule has 0 spiro atoms. The van der Waals surface area contributed by atoms with Crippen LogP contribution < -0.4 is 4.90 Å². The number of hydrogen-bond donors (Lipinski definition) is 2. The van der Waals surface area contributed by atoms with Gasteiger partial charge >= 0.3 is 6.03 Å². The van der Waals surface area contributed by atoms with E-state index in [-0.39, 0.29) is 28.7 Å². The van der Waals surface area contributed by atoms with Crippen LogP contribution in [-0.2, 0) is 18.3 Å². The van der Waals surface area contributed by atoms with Gasteiger partial charge in [0.1, 0.15) is 11.5 Å². The molecule has 1 unspecified atom stereocenters. The van der Waals surface area contributed by atoms with Gasteiger partial charge in [-0.3, -0.25) is 4.90 Å². The van der Waals surface area contributed by atoms with Crippen LogP contribution in [0.3, 0.4) is 0 Å². The lowest BCUT2D eigenvalue weighted by molar-refractivity contribution is -0.0146. The molecule has 2 aromatic rings. The van der Waals surface area contributed by atoms with Gasteiger partial charge in [0, 0.05) is 30.2 Å². The Bertz CT molecular complexity index is 1020. The normalized spacial score (nSPS) is 26.8. The first-order valence-electron chi connectivity index (χ1n) is 10.5. The number of carbonyl (C=O) groups excluding carboxylic acids is 1. The summed E-state index contributed by atoms with van der Waals surface area (Å²) < 4.78 is 0. The highest BCUT2D eigenvalue weighted by molar-refractivity contribution is 5.95. The lowest BCUT2D eigenvalue weighted by Gasteiger charge is -2.61. The third-order valence-electron chi connectivity index (χ3n) is 8.06. The molecule has 5 nitrogen and oxygen atoms in total. The summed E-state index contributed by atoms with van der Waals surface area (Å²) in [4.78, 5) is 17.5. The van der Waals surface area contributed by atoms with Crippen molar-refractivity contribution in [2.75, 3.05) is 18.0 Å². The lowest BCUT2D eigenvalue weighted by Crippen LogP contribution is -2.66. The van der Waals surface area contributed by atoms with E-state index in [0.717, 1.165) is 29.7 Å². The summed E-state index contributed by atoms with van der Waals surface area (Å²) in [7, 11) is 0. The molecule has 2 N–H and O–H groups in total. The third kappa shape index (κ3) is 2.36. The Hall–Kier alpha value is -2.69. The highest BCUT2D eigenvalue weighted by Gasteiger charge is 2.57. The van der Waals surface area contributed by atoms with E-state index in [0.29, 0.717) is 25.3 Å². The monoisotopic (exact) mass is 392 g/mol. The fourth-order valence-corrected chi connectivity index (χ4v) is 5.90. The minimum absolute atomic E-state index is 0.0238. The molecule has 2 heterocycles. The van der Waals surface area contributed by atoms with Gasteiger partial charge in [-0.25, -0.2) is 4.79 Å². The summed E-state index contributed by atoms with van der Waals surface area (Å²) in [5.41, 5.74) is 3.94. The lowest BCUT2D eigenvalue weighted by atomic mass is 9.51. The number of benzene rings is 2. The Morgan fingerprint density at radius 1 is 1.10 bits per heavy atom. The van der Waals surface area contributed by atoms with Crippen molar-refractivity contribution in [3.63, 3.8) is 0 Å². The molecule has 29 heavy (non-hydrogen) atoms. The molecule has 0 radical (unpaired) electrons. The van der Waals surface area contributed by atoms with Gasteiger partial charge < -0.3 is 15.1 Å². The van der Waals surface area contributed by atoms with Crippen LogP contribution in [0.5, 0.6) is 11.5 Å². The SMILES string of the molecule is CC12CCN(C(=O)N3CCc4cc(O)ccc43)[C@H](Cc3c(O)cccc31)C2(C)C. The predicted octanol–water partition coefficient (Wildman–Crippen LogP) is 4.19. The van der Waals surface area contributed by atoms with Gasteiger partial charge in [-0.15, -0.1) is 0 Å². The molecule has 2 bridgehead atoms. The Kier molecular flexibility index (Phi) is 3.74. The molecule has 2 aliphatic heterocycles. The molecule has 1 aliphatic carbocycles. The number of phenolic OH excluding ortho intramolecular Hbond substituents is 2. The number of anilines is 1. The van der Waals surface area contributed by atoms with E-state index in [9.17, 15) is 15.0 Å². The second kappa shape index (κ2) is 5.91. The summed E-state index contributed by atoms with van der Waals surface area (Å²) in [6.45, 7) is 8.16. The molecule has 1 fully saturated rings. The van der Waals surface area contributed by atoms with Gasteiger partial charge in [-0.2, -0.15) is 0 Å². The standard InChI is InChI=1S/C24H28N2O3/c1-23(2)21-14-17-18(5-4-6-20(17)28)24(23,3)10-12-26(21)22(29)25-11-9-15-13-16(27)7-8-19(15)25/h4-8,13,21,27-28H,9-12,14H2,1-3H3/t21-,24?/m1/s1. The smallest absolute Gasteiger partial charge is 0.324 e. The number of amides is 2. The number of carbonyl (C=O) groups is 1. The van der Waals surface area contributed by atoms with Gasteiger partial charge in [-0.05, 0) is 65.6 Å². The van der Waals surface area contributed by atoms with E-state index in [1.807, 2.05) is 21.9 Å². The summed E-state index contributed by atoms with van der Waals surface area (Å²) >= 11 is 0. The number of phenols is 2. The van der Waals surface area contributed by atoms with Crippen LogP contribution in [0.25, 0.3) is 0 Å². The Labute approximate surface area is 171 Å². The summed E-state index contributed by atoms with van der Waals surface area (Å²) in [6.07, 6.45) is 2.31. The van der Waals surface area contributed by atoms with Crippen LogP contribution >= 0.6 is 0 Å². The van der Waals surface area contributed by atoms with Crippen LogP contribution in [0.4, 0.5) is 10.5 Å². The molecule has 1 saturated heterocycles. The summed E-state index contributed by atoms with van der Waals surface area (Å²) in [6, 6.07) is 11.1. The first-order chi connectivity index (χ1) is 13.7. The highest BCUT2D eigenvalue weighted by atomic mass is 16.3. The molecule has 2 aromatic carbocycles. The van der Waals surface area contributed by atoms with Gasteiger partial charge in [0.2, 0.25) is 0 Å². The number of piperidine rings is 1. The third-order valence-corrected chi connectivity index (χ3v) is 8.06. The van der Waals surface area contributed by atoms with Crippen LogP contribution in [0.15, 0.2) is 36.4 Å². The Morgan fingerprint density at radius 3 is 2.69 bits per heavy atom. The van der Waals surface area contributed by atoms with Crippen LogP contribution in [-0.4, -0.2) is 40.3 Å². The Morgan fingerprint density at radius 2 is 1.90 bits per heavy atom. The molecule has 0 saturated carbocycles. The molecule has 0 aromatic heterocycles. The minimum Gasteiger partial charge on any atom is -0.508 e. The van der Waals surface area contributed by atoms with E-state index >= 15 is 0 Å². The number of likely N-dealkylation sites (tertiary alicyclic amines) is 1. The van der Waals surface area contributed by atoms with Gasteiger partial charge in [0.15, 0.2) is 0 Å². The van der Waals surface area contributed by atoms with Crippen molar-refractivity contribution >= 4 is 11.7 Å². The van der Waals surface area contributed by atoms with Crippen LogP contribution in [0.1, 0.15) is 43.9 Å². The number of hydrogen-bond acceptors (Lipinski definition) is 3. The van der Waals surface area contributed by atoms with Crippen molar-refractivity contribution in [2.45, 2.75) is 51.5 Å². The zero-order valence-corrected chi connectivity index (χ0v) is 17.3. The average molecular weight is 392 g/mol. The summed E-state index contributed by atoms with van der Waals surface area (Å²) in [5, 5.41) is 20.3. The predicted molar refractivity (Wildman–Crippen MR) is 113 cm³/mol. The maximum Gasteiger partial charge on any atom is 0.324 e. The fourth-order valence-electron chi connectivity index (χ4n) is 5.90. The second-order valence-corrected chi connectivity index (χ2v) is 9.52. The zero-order chi connectivity index (χ0) is 20.6. The quantitative estimate of drug-likeness (QED) is 0.706. The van der Waals surface area contributed by atoms with Gasteiger partial charge in [0.25, 0.3) is 0 Å². The Balaban J connectivity index is 1.53. The van der Waals surface area contributed by atoms with Gasteiger partial charge in [-0.1, -0.05) is 32.9 Å². The second-order valence-electron chi connectivity index (χ2n) is 9.52. The number of aromatic hydroxyl groups is 2. The fraction of sp³-hybridized carbons (Fsp3) is 0.458. The molecular formula is C24H28N2O3. The highest BCUT2D eigenvalue weighted by Crippen LogP contribution is 2.57. The van der Waals surface area contributed by atoms with E-state index in [1.54, 1.807) is 18.2 Å². The van der Waals surface area contributed by atoms with Crippen molar-refractivity contribution in [2.24, 2.45) is 5.41 Å². The number of rotatable bonds is 0. The number of fused-ring (bicyclic) bond motifs is 5. The van der Waals surface area contributed by atoms with E-state index in [2.05, 4.69) is 26.8 Å². The molecule has 5 heteroatoms. The average Bonchev–Trinajstić information content (AvgIpc) is 3.08. The van der Waals surface area contributed by atoms with Crippen LogP contribution in [0, 0.1) is 5.41 Å². The van der Waals surface area contributed by atoms with Gasteiger partial charge in [0.05, 0.1) is 0 Å². The molecule has 3 aliphatic rings. The van der Waals surface area contributed by atoms with Crippen molar-refractivity contribution in [3.05, 3.63) is 53.1 Å². The van der Waals surface area contributed by atoms with Crippen LogP contribution in [0.2, 0.25) is 0 Å². The molecule has 5 rings (SSSR count). The topological polar surface area (TPSA) is 64.0 Å². The number of nitrogens with zero attached hydrogens (tertiary/aromatic N) is 2. The minimum atomic E-state index is -0.112. The molecular weight excluding hydrogens is 364 g/mol. The maximum atomic E-state index is 13.7. The van der Waals surface area contributed by atoms with Crippen molar-refractivity contribution in [1.29, 1.82) is 0 Å².